The maximum atomic E-state index is 12.4. The highest BCUT2D eigenvalue weighted by molar-refractivity contribution is 5.85. The maximum absolute atomic E-state index is 12.4. The number of piperidine rings is 1. The predicted octanol–water partition coefficient (Wildman–Crippen LogP) is 3.43. The molecule has 1 saturated carbocycles. The lowest BCUT2D eigenvalue weighted by Crippen LogP contribution is -2.45. The highest BCUT2D eigenvalue weighted by Crippen LogP contribution is 2.28. The van der Waals surface area contributed by atoms with Gasteiger partial charge in [-0.2, -0.15) is 0 Å². The summed E-state index contributed by atoms with van der Waals surface area (Å²) in [6.07, 6.45) is 7.55. The molecule has 1 heterocycles. The Hall–Kier alpha value is -1.26. The van der Waals surface area contributed by atoms with Crippen LogP contribution in [0, 0.1) is 5.92 Å². The van der Waals surface area contributed by atoms with Gasteiger partial charge < -0.3 is 15.0 Å². The number of carbonyl (C=O) groups is 1. The van der Waals surface area contributed by atoms with Crippen LogP contribution in [0.25, 0.3) is 0 Å². The molecule has 2 fully saturated rings. The van der Waals surface area contributed by atoms with Crippen LogP contribution in [0.15, 0.2) is 24.3 Å². The Balaban J connectivity index is 0.00000225. The lowest BCUT2D eigenvalue weighted by molar-refractivity contribution is -0.132. The van der Waals surface area contributed by atoms with Gasteiger partial charge in [0.15, 0.2) is 0 Å². The van der Waals surface area contributed by atoms with Gasteiger partial charge in [-0.05, 0) is 68.7 Å². The third-order valence-electron chi connectivity index (χ3n) is 5.25. The summed E-state index contributed by atoms with van der Waals surface area (Å²) >= 11 is 0. The average Bonchev–Trinajstić information content (AvgIpc) is 3.45. The van der Waals surface area contributed by atoms with Crippen molar-refractivity contribution in [2.24, 2.45) is 5.92 Å². The van der Waals surface area contributed by atoms with E-state index in [-0.39, 0.29) is 12.4 Å². The van der Waals surface area contributed by atoms with Gasteiger partial charge in [0.2, 0.25) is 5.91 Å². The number of hydrogen-bond acceptors (Lipinski definition) is 3. The molecule has 0 atom stereocenters. The maximum Gasteiger partial charge on any atom is 0.222 e. The zero-order chi connectivity index (χ0) is 16.8. The standard InChI is InChI=1S/C20H30N2O2.ClH/c1-24-19-9-7-16(8-10-19)3-2-4-20(23)22-13-11-18(12-14-22)21-15-17-5-6-17;/h7-10,17-18,21H,2-6,11-15H2,1H3;1H. The number of nitrogens with zero attached hydrogens (tertiary/aromatic N) is 1. The molecular formula is C20H31ClN2O2. The number of halogens is 1. The summed E-state index contributed by atoms with van der Waals surface area (Å²) in [5.74, 6) is 2.14. The van der Waals surface area contributed by atoms with Crippen LogP contribution in [0.2, 0.25) is 0 Å². The second-order valence-electron chi connectivity index (χ2n) is 7.21. The number of ether oxygens (including phenoxy) is 1. The molecular weight excluding hydrogens is 336 g/mol. The summed E-state index contributed by atoms with van der Waals surface area (Å²) in [7, 11) is 1.68. The highest BCUT2D eigenvalue weighted by atomic mass is 35.5. The van der Waals surface area contributed by atoms with E-state index in [0.29, 0.717) is 18.4 Å². The second kappa shape index (κ2) is 10.0. The molecule has 0 bridgehead atoms. The van der Waals surface area contributed by atoms with E-state index >= 15 is 0 Å². The zero-order valence-corrected chi connectivity index (χ0v) is 16.0. The Morgan fingerprint density at radius 1 is 1.16 bits per heavy atom. The minimum absolute atomic E-state index is 0. The fourth-order valence-electron chi connectivity index (χ4n) is 3.38. The van der Waals surface area contributed by atoms with Crippen molar-refractivity contribution in [3.8, 4) is 5.75 Å². The summed E-state index contributed by atoms with van der Waals surface area (Å²) in [4.78, 5) is 14.4. The van der Waals surface area contributed by atoms with E-state index in [1.165, 1.54) is 24.9 Å². The molecule has 1 amide bonds. The Morgan fingerprint density at radius 2 is 1.84 bits per heavy atom. The van der Waals surface area contributed by atoms with Gasteiger partial charge in [-0.15, -0.1) is 12.4 Å². The Morgan fingerprint density at radius 3 is 2.44 bits per heavy atom. The van der Waals surface area contributed by atoms with Crippen LogP contribution in [0.5, 0.6) is 5.75 Å². The summed E-state index contributed by atoms with van der Waals surface area (Å²) < 4.78 is 5.17. The molecule has 4 nitrogen and oxygen atoms in total. The van der Waals surface area contributed by atoms with Crippen LogP contribution in [0.3, 0.4) is 0 Å². The quantitative estimate of drug-likeness (QED) is 0.766. The predicted molar refractivity (Wildman–Crippen MR) is 104 cm³/mol. The number of methoxy groups -OCH3 is 1. The number of aryl methyl sites for hydroxylation is 1. The summed E-state index contributed by atoms with van der Waals surface area (Å²) in [5, 5.41) is 3.67. The van der Waals surface area contributed by atoms with Gasteiger partial charge in [-0.1, -0.05) is 12.1 Å². The number of nitrogens with one attached hydrogen (secondary N) is 1. The van der Waals surface area contributed by atoms with Gasteiger partial charge in [0.05, 0.1) is 7.11 Å². The van der Waals surface area contributed by atoms with Crippen molar-refractivity contribution in [1.29, 1.82) is 0 Å². The smallest absolute Gasteiger partial charge is 0.222 e. The Kier molecular flexibility index (Phi) is 8.04. The van der Waals surface area contributed by atoms with Gasteiger partial charge in [0, 0.05) is 25.6 Å². The van der Waals surface area contributed by atoms with E-state index in [0.717, 1.165) is 50.4 Å². The fraction of sp³-hybridized carbons (Fsp3) is 0.650. The molecule has 1 aliphatic heterocycles. The third kappa shape index (κ3) is 6.52. The van der Waals surface area contributed by atoms with E-state index in [1.807, 2.05) is 12.1 Å². The molecule has 1 aliphatic carbocycles. The average molecular weight is 367 g/mol. The van der Waals surface area contributed by atoms with Crippen molar-refractivity contribution in [2.75, 3.05) is 26.7 Å². The first-order valence-electron chi connectivity index (χ1n) is 9.38. The molecule has 1 N–H and O–H groups in total. The summed E-state index contributed by atoms with van der Waals surface area (Å²) in [5.41, 5.74) is 1.27. The van der Waals surface area contributed by atoms with E-state index in [4.69, 9.17) is 4.74 Å². The Bertz CT molecular complexity index is 523. The molecule has 2 aliphatic rings. The summed E-state index contributed by atoms with van der Waals surface area (Å²) in [6.45, 7) is 3.02. The second-order valence-corrected chi connectivity index (χ2v) is 7.21. The zero-order valence-electron chi connectivity index (χ0n) is 15.2. The highest BCUT2D eigenvalue weighted by Gasteiger charge is 2.25. The molecule has 3 rings (SSSR count). The van der Waals surface area contributed by atoms with Gasteiger partial charge in [-0.3, -0.25) is 4.79 Å². The summed E-state index contributed by atoms with van der Waals surface area (Å²) in [6, 6.07) is 8.75. The topological polar surface area (TPSA) is 41.6 Å². The van der Waals surface area contributed by atoms with Gasteiger partial charge >= 0.3 is 0 Å². The molecule has 1 aromatic carbocycles. The number of rotatable bonds is 8. The fourth-order valence-corrected chi connectivity index (χ4v) is 3.38. The van der Waals surface area contributed by atoms with Gasteiger partial charge in [0.1, 0.15) is 5.75 Å². The van der Waals surface area contributed by atoms with E-state index in [9.17, 15) is 4.79 Å². The lowest BCUT2D eigenvalue weighted by atomic mass is 10.0. The monoisotopic (exact) mass is 366 g/mol. The molecule has 0 radical (unpaired) electrons. The molecule has 0 aromatic heterocycles. The van der Waals surface area contributed by atoms with Crippen molar-refractivity contribution in [1.82, 2.24) is 10.2 Å². The Labute approximate surface area is 157 Å². The van der Waals surface area contributed by atoms with E-state index in [1.54, 1.807) is 7.11 Å². The van der Waals surface area contributed by atoms with Crippen molar-refractivity contribution in [3.63, 3.8) is 0 Å². The van der Waals surface area contributed by atoms with Crippen LogP contribution in [0.1, 0.15) is 44.1 Å². The first-order chi connectivity index (χ1) is 11.7. The largest absolute Gasteiger partial charge is 0.497 e. The van der Waals surface area contributed by atoms with E-state index < -0.39 is 0 Å². The number of benzene rings is 1. The molecule has 1 saturated heterocycles. The lowest BCUT2D eigenvalue weighted by Gasteiger charge is -2.32. The molecule has 140 valence electrons. The van der Waals surface area contributed by atoms with Gasteiger partial charge in [0.25, 0.3) is 0 Å². The van der Waals surface area contributed by atoms with Crippen LogP contribution >= 0.6 is 12.4 Å². The molecule has 0 spiro atoms. The first kappa shape index (κ1) is 20.1. The van der Waals surface area contributed by atoms with Crippen LogP contribution in [-0.2, 0) is 11.2 Å². The van der Waals surface area contributed by atoms with Crippen molar-refractivity contribution >= 4 is 18.3 Å². The third-order valence-corrected chi connectivity index (χ3v) is 5.25. The molecule has 1 aromatic rings. The first-order valence-corrected chi connectivity index (χ1v) is 9.38. The number of hydrogen-bond donors (Lipinski definition) is 1. The molecule has 0 unspecified atom stereocenters. The van der Waals surface area contributed by atoms with E-state index in [2.05, 4.69) is 22.3 Å². The minimum Gasteiger partial charge on any atom is -0.497 e. The normalized spacial score (nSPS) is 17.9. The van der Waals surface area contributed by atoms with Crippen LogP contribution in [0.4, 0.5) is 0 Å². The number of amides is 1. The minimum atomic E-state index is 0. The number of carbonyl (C=O) groups excluding carboxylic acids is 1. The molecule has 5 heteroatoms. The van der Waals surface area contributed by atoms with Crippen molar-refractivity contribution in [2.45, 2.75) is 51.0 Å². The van der Waals surface area contributed by atoms with Gasteiger partial charge in [-0.25, -0.2) is 0 Å². The van der Waals surface area contributed by atoms with Crippen LogP contribution in [-0.4, -0.2) is 43.6 Å². The number of likely N-dealkylation sites (tertiary alicyclic amines) is 1. The molecule has 25 heavy (non-hydrogen) atoms. The van der Waals surface area contributed by atoms with Crippen molar-refractivity contribution < 1.29 is 9.53 Å². The van der Waals surface area contributed by atoms with Crippen LogP contribution < -0.4 is 10.1 Å². The van der Waals surface area contributed by atoms with Crippen molar-refractivity contribution in [3.05, 3.63) is 29.8 Å². The SMILES string of the molecule is COc1ccc(CCCC(=O)N2CCC(NCC3CC3)CC2)cc1.Cl.